The van der Waals surface area contributed by atoms with E-state index < -0.39 is 0 Å². The molecule has 1 N–H and O–H groups in total. The average Bonchev–Trinajstić information content (AvgIpc) is 3.10. The van der Waals surface area contributed by atoms with Crippen molar-refractivity contribution in [3.8, 4) is 5.75 Å². The van der Waals surface area contributed by atoms with Gasteiger partial charge in [0, 0.05) is 16.6 Å². The molecule has 0 radical (unpaired) electrons. The molecule has 1 fully saturated rings. The van der Waals surface area contributed by atoms with E-state index >= 15 is 0 Å². The molecule has 0 bridgehead atoms. The minimum absolute atomic E-state index is 0.388. The van der Waals surface area contributed by atoms with Crippen molar-refractivity contribution in [2.45, 2.75) is 25.8 Å². The molecule has 0 saturated heterocycles. The summed E-state index contributed by atoms with van der Waals surface area (Å²) < 4.78 is 5.41. The van der Waals surface area contributed by atoms with E-state index in [4.69, 9.17) is 16.3 Å². The van der Waals surface area contributed by atoms with Crippen molar-refractivity contribution < 1.29 is 4.74 Å². The molecule has 2 nitrogen and oxygen atoms in total. The van der Waals surface area contributed by atoms with E-state index in [1.165, 1.54) is 18.4 Å². The summed E-state index contributed by atoms with van der Waals surface area (Å²) in [7, 11) is 1.71. The first-order valence-electron chi connectivity index (χ1n) is 5.83. The highest BCUT2D eigenvalue weighted by Crippen LogP contribution is 2.44. The van der Waals surface area contributed by atoms with Crippen molar-refractivity contribution in [2.75, 3.05) is 13.7 Å². The Morgan fingerprint density at radius 1 is 1.50 bits per heavy atom. The van der Waals surface area contributed by atoms with E-state index in [0.717, 1.165) is 23.2 Å². The van der Waals surface area contributed by atoms with Crippen molar-refractivity contribution in [1.29, 1.82) is 0 Å². The molecule has 1 aromatic rings. The monoisotopic (exact) mass is 239 g/mol. The Balaban J connectivity index is 2.30. The Morgan fingerprint density at radius 2 is 2.25 bits per heavy atom. The largest absolute Gasteiger partial charge is 0.496 e. The highest BCUT2D eigenvalue weighted by atomic mass is 35.5. The highest BCUT2D eigenvalue weighted by molar-refractivity contribution is 6.30. The van der Waals surface area contributed by atoms with Crippen LogP contribution in [0.1, 0.15) is 31.4 Å². The number of hydrogen-bond acceptors (Lipinski definition) is 2. The third-order valence-electron chi connectivity index (χ3n) is 3.04. The molecule has 0 amide bonds. The van der Waals surface area contributed by atoms with Crippen LogP contribution in [-0.2, 0) is 0 Å². The summed E-state index contributed by atoms with van der Waals surface area (Å²) in [6.07, 6.45) is 2.60. The maximum Gasteiger partial charge on any atom is 0.123 e. The summed E-state index contributed by atoms with van der Waals surface area (Å²) in [5, 5.41) is 4.30. The third-order valence-corrected chi connectivity index (χ3v) is 3.28. The average molecular weight is 240 g/mol. The molecule has 1 saturated carbocycles. The lowest BCUT2D eigenvalue weighted by Crippen LogP contribution is -2.23. The van der Waals surface area contributed by atoms with Crippen molar-refractivity contribution in [2.24, 2.45) is 5.92 Å². The fraction of sp³-hybridized carbons (Fsp3) is 0.538. The Morgan fingerprint density at radius 3 is 2.81 bits per heavy atom. The Labute approximate surface area is 102 Å². The number of ether oxygens (including phenoxy) is 1. The van der Waals surface area contributed by atoms with Crippen molar-refractivity contribution in [3.05, 3.63) is 28.8 Å². The van der Waals surface area contributed by atoms with Crippen molar-refractivity contribution in [1.82, 2.24) is 5.32 Å². The molecule has 16 heavy (non-hydrogen) atoms. The normalized spacial score (nSPS) is 17.2. The summed E-state index contributed by atoms with van der Waals surface area (Å²) in [4.78, 5) is 0. The Hall–Kier alpha value is -0.730. The summed E-state index contributed by atoms with van der Waals surface area (Å²) in [6.45, 7) is 3.10. The number of halogens is 1. The van der Waals surface area contributed by atoms with Crippen LogP contribution in [-0.4, -0.2) is 13.7 Å². The second-order valence-corrected chi connectivity index (χ2v) is 4.70. The molecule has 3 heteroatoms. The van der Waals surface area contributed by atoms with Crippen molar-refractivity contribution >= 4 is 11.6 Å². The third kappa shape index (κ3) is 2.50. The maximum atomic E-state index is 6.06. The van der Waals surface area contributed by atoms with Crippen LogP contribution in [0.15, 0.2) is 18.2 Å². The quantitative estimate of drug-likeness (QED) is 0.850. The van der Waals surface area contributed by atoms with Crippen LogP contribution < -0.4 is 10.1 Å². The first-order valence-corrected chi connectivity index (χ1v) is 6.21. The van der Waals surface area contributed by atoms with Gasteiger partial charge >= 0.3 is 0 Å². The van der Waals surface area contributed by atoms with E-state index in [9.17, 15) is 0 Å². The van der Waals surface area contributed by atoms with E-state index in [-0.39, 0.29) is 0 Å². The van der Waals surface area contributed by atoms with Gasteiger partial charge < -0.3 is 10.1 Å². The van der Waals surface area contributed by atoms with E-state index in [2.05, 4.69) is 12.2 Å². The molecule has 1 atom stereocenters. The second-order valence-electron chi connectivity index (χ2n) is 4.26. The second kappa shape index (κ2) is 5.07. The molecule has 0 aromatic heterocycles. The molecule has 1 aliphatic carbocycles. The predicted octanol–water partition coefficient (Wildman–Crippen LogP) is 3.41. The molecule has 0 aliphatic heterocycles. The van der Waals surface area contributed by atoms with Crippen LogP contribution >= 0.6 is 11.6 Å². The van der Waals surface area contributed by atoms with Crippen LogP contribution in [0.2, 0.25) is 5.02 Å². The summed E-state index contributed by atoms with van der Waals surface area (Å²) in [6, 6.07) is 6.23. The smallest absolute Gasteiger partial charge is 0.123 e. The Kier molecular flexibility index (Phi) is 3.72. The van der Waals surface area contributed by atoms with Gasteiger partial charge in [-0.15, -0.1) is 0 Å². The summed E-state index contributed by atoms with van der Waals surface area (Å²) in [5.74, 6) is 1.68. The fourth-order valence-corrected chi connectivity index (χ4v) is 2.31. The maximum absolute atomic E-state index is 6.06. The SMILES string of the molecule is CCNC(c1cc(Cl)ccc1OC)C1CC1. The van der Waals surface area contributed by atoms with Crippen LogP contribution in [0.3, 0.4) is 0 Å². The zero-order valence-corrected chi connectivity index (χ0v) is 10.6. The number of hydrogen-bond donors (Lipinski definition) is 1. The van der Waals surface area contributed by atoms with E-state index in [1.807, 2.05) is 18.2 Å². The van der Waals surface area contributed by atoms with Gasteiger partial charge in [0.2, 0.25) is 0 Å². The minimum Gasteiger partial charge on any atom is -0.496 e. The molecular formula is C13H18ClNO. The summed E-state index contributed by atoms with van der Waals surface area (Å²) >= 11 is 6.06. The molecule has 0 spiro atoms. The van der Waals surface area contributed by atoms with E-state index in [1.54, 1.807) is 7.11 Å². The first-order chi connectivity index (χ1) is 7.76. The van der Waals surface area contributed by atoms with Gasteiger partial charge in [-0.2, -0.15) is 0 Å². The molecule has 1 aliphatic rings. The van der Waals surface area contributed by atoms with E-state index in [0.29, 0.717) is 6.04 Å². The van der Waals surface area contributed by atoms with Gasteiger partial charge in [-0.1, -0.05) is 18.5 Å². The predicted molar refractivity (Wildman–Crippen MR) is 67.1 cm³/mol. The zero-order valence-electron chi connectivity index (χ0n) is 9.79. The lowest BCUT2D eigenvalue weighted by atomic mass is 10.0. The first kappa shape index (κ1) is 11.7. The van der Waals surface area contributed by atoms with Gasteiger partial charge in [0.1, 0.15) is 5.75 Å². The zero-order chi connectivity index (χ0) is 11.5. The number of nitrogens with one attached hydrogen (secondary N) is 1. The molecular weight excluding hydrogens is 222 g/mol. The number of methoxy groups -OCH3 is 1. The Bertz CT molecular complexity index is 363. The standard InChI is InChI=1S/C13H18ClNO/c1-3-15-13(9-4-5-9)11-8-10(14)6-7-12(11)16-2/h6-9,13,15H,3-5H2,1-2H3. The highest BCUT2D eigenvalue weighted by Gasteiger charge is 2.33. The molecule has 1 unspecified atom stereocenters. The van der Waals surface area contributed by atoms with Gasteiger partial charge in [0.25, 0.3) is 0 Å². The molecule has 0 heterocycles. The summed E-state index contributed by atoms with van der Waals surface area (Å²) in [5.41, 5.74) is 1.19. The fourth-order valence-electron chi connectivity index (χ4n) is 2.13. The van der Waals surface area contributed by atoms with Crippen LogP contribution in [0, 0.1) is 5.92 Å². The molecule has 1 aromatic carbocycles. The topological polar surface area (TPSA) is 21.3 Å². The minimum atomic E-state index is 0.388. The van der Waals surface area contributed by atoms with Gasteiger partial charge in [-0.25, -0.2) is 0 Å². The van der Waals surface area contributed by atoms with Gasteiger partial charge in [0.05, 0.1) is 7.11 Å². The van der Waals surface area contributed by atoms with Gasteiger partial charge in [-0.05, 0) is 43.5 Å². The van der Waals surface area contributed by atoms with Crippen LogP contribution in [0.5, 0.6) is 5.75 Å². The van der Waals surface area contributed by atoms with Crippen LogP contribution in [0.25, 0.3) is 0 Å². The lowest BCUT2D eigenvalue weighted by molar-refractivity contribution is 0.393. The number of benzene rings is 1. The van der Waals surface area contributed by atoms with Gasteiger partial charge in [-0.3, -0.25) is 0 Å². The number of rotatable bonds is 5. The molecule has 88 valence electrons. The van der Waals surface area contributed by atoms with Crippen molar-refractivity contribution in [3.63, 3.8) is 0 Å². The lowest BCUT2D eigenvalue weighted by Gasteiger charge is -2.20. The molecule has 2 rings (SSSR count). The van der Waals surface area contributed by atoms with Crippen LogP contribution in [0.4, 0.5) is 0 Å². The van der Waals surface area contributed by atoms with Gasteiger partial charge in [0.15, 0.2) is 0 Å².